The number of hydrogen-bond acceptors (Lipinski definition) is 4. The molecule has 1 heterocycles. The molecule has 0 saturated carbocycles. The van der Waals surface area contributed by atoms with E-state index in [2.05, 4.69) is 0 Å². The number of Topliss-reactive ketones (excluding diaryl/α,β-unsaturated/α-hetero) is 1. The Morgan fingerprint density at radius 2 is 2.31 bits per heavy atom. The summed E-state index contributed by atoms with van der Waals surface area (Å²) in [7, 11) is 0. The Bertz CT molecular complexity index is 479. The van der Waals surface area contributed by atoms with Crippen LogP contribution in [0.1, 0.15) is 23.2 Å². The molecular formula is C11H8ClNO3. The lowest BCUT2D eigenvalue weighted by atomic mass is 10.1. The van der Waals surface area contributed by atoms with Crippen molar-refractivity contribution in [2.24, 2.45) is 0 Å². The Morgan fingerprint density at radius 3 is 3.06 bits per heavy atom. The molecule has 4 nitrogen and oxygen atoms in total. The zero-order valence-electron chi connectivity index (χ0n) is 8.33. The molecule has 0 N–H and O–H groups in total. The number of halogens is 1. The van der Waals surface area contributed by atoms with Crippen LogP contribution in [0.2, 0.25) is 5.02 Å². The van der Waals surface area contributed by atoms with Crippen molar-refractivity contribution in [2.75, 3.05) is 6.79 Å². The van der Waals surface area contributed by atoms with Gasteiger partial charge in [-0.1, -0.05) is 11.6 Å². The summed E-state index contributed by atoms with van der Waals surface area (Å²) >= 11 is 5.93. The number of benzene rings is 1. The average molecular weight is 238 g/mol. The van der Waals surface area contributed by atoms with Gasteiger partial charge >= 0.3 is 0 Å². The first kappa shape index (κ1) is 10.8. The van der Waals surface area contributed by atoms with E-state index >= 15 is 0 Å². The van der Waals surface area contributed by atoms with Crippen molar-refractivity contribution in [1.82, 2.24) is 0 Å². The number of carbonyl (C=O) groups is 1. The quantitative estimate of drug-likeness (QED) is 0.758. The molecule has 1 aromatic carbocycles. The first-order chi connectivity index (χ1) is 7.72. The van der Waals surface area contributed by atoms with Crippen LogP contribution in [0.3, 0.4) is 0 Å². The van der Waals surface area contributed by atoms with Crippen LogP contribution in [-0.4, -0.2) is 12.6 Å². The SMILES string of the molecule is N#CCCC(=O)c1cc(Cl)c2c(c1)OCO2. The molecule has 82 valence electrons. The number of rotatable bonds is 3. The summed E-state index contributed by atoms with van der Waals surface area (Å²) in [6.45, 7) is 0.116. The van der Waals surface area contributed by atoms with Crippen LogP contribution < -0.4 is 9.47 Å². The fraction of sp³-hybridized carbons (Fsp3) is 0.273. The predicted octanol–water partition coefficient (Wildman–Crippen LogP) is 2.56. The number of hydrogen-bond donors (Lipinski definition) is 0. The average Bonchev–Trinajstić information content (AvgIpc) is 2.74. The van der Waals surface area contributed by atoms with Gasteiger partial charge in [0.1, 0.15) is 0 Å². The Hall–Kier alpha value is -1.73. The third-order valence-electron chi connectivity index (χ3n) is 2.21. The molecule has 16 heavy (non-hydrogen) atoms. The highest BCUT2D eigenvalue weighted by atomic mass is 35.5. The second-order valence-corrected chi connectivity index (χ2v) is 3.68. The summed E-state index contributed by atoms with van der Waals surface area (Å²) in [5.41, 5.74) is 0.449. The lowest BCUT2D eigenvalue weighted by Crippen LogP contribution is -1.98. The normalized spacial score (nSPS) is 12.2. The summed E-state index contributed by atoms with van der Waals surface area (Å²) in [5.74, 6) is 0.827. The minimum absolute atomic E-state index is 0.116. The zero-order valence-corrected chi connectivity index (χ0v) is 9.08. The van der Waals surface area contributed by atoms with Crippen LogP contribution in [0.5, 0.6) is 11.5 Å². The number of carbonyl (C=O) groups excluding carboxylic acids is 1. The molecule has 2 rings (SSSR count). The highest BCUT2D eigenvalue weighted by Gasteiger charge is 2.20. The zero-order chi connectivity index (χ0) is 11.5. The maximum absolute atomic E-state index is 11.6. The summed E-state index contributed by atoms with van der Waals surface area (Å²) in [4.78, 5) is 11.6. The van der Waals surface area contributed by atoms with Crippen molar-refractivity contribution in [2.45, 2.75) is 12.8 Å². The minimum Gasteiger partial charge on any atom is -0.454 e. The van der Waals surface area contributed by atoms with E-state index in [4.69, 9.17) is 26.3 Å². The van der Waals surface area contributed by atoms with Gasteiger partial charge in [0.05, 0.1) is 11.1 Å². The van der Waals surface area contributed by atoms with Crippen molar-refractivity contribution < 1.29 is 14.3 Å². The number of fused-ring (bicyclic) bond motifs is 1. The molecule has 0 unspecified atom stereocenters. The van der Waals surface area contributed by atoms with Gasteiger partial charge in [-0.3, -0.25) is 4.79 Å². The van der Waals surface area contributed by atoms with Crippen LogP contribution in [-0.2, 0) is 0 Å². The maximum atomic E-state index is 11.6. The van der Waals surface area contributed by atoms with Gasteiger partial charge in [0.25, 0.3) is 0 Å². The molecule has 0 radical (unpaired) electrons. The second-order valence-electron chi connectivity index (χ2n) is 3.27. The predicted molar refractivity (Wildman–Crippen MR) is 56.8 cm³/mol. The molecule has 5 heteroatoms. The van der Waals surface area contributed by atoms with Crippen molar-refractivity contribution in [3.05, 3.63) is 22.7 Å². The third-order valence-corrected chi connectivity index (χ3v) is 2.49. The summed E-state index contributed by atoms with van der Waals surface area (Å²) in [6, 6.07) is 5.05. The van der Waals surface area contributed by atoms with E-state index in [1.54, 1.807) is 6.07 Å². The Labute approximate surface area is 97.3 Å². The summed E-state index contributed by atoms with van der Waals surface area (Å²) in [6.07, 6.45) is 0.386. The van der Waals surface area contributed by atoms with Crippen LogP contribution >= 0.6 is 11.6 Å². The molecule has 0 atom stereocenters. The van der Waals surface area contributed by atoms with Gasteiger partial charge in [-0.05, 0) is 12.1 Å². The van der Waals surface area contributed by atoms with E-state index < -0.39 is 0 Å². The van der Waals surface area contributed by atoms with E-state index in [1.807, 2.05) is 6.07 Å². The van der Waals surface area contributed by atoms with Crippen LogP contribution in [0.15, 0.2) is 12.1 Å². The second kappa shape index (κ2) is 4.42. The fourth-order valence-corrected chi connectivity index (χ4v) is 1.71. The van der Waals surface area contributed by atoms with Gasteiger partial charge in [-0.2, -0.15) is 5.26 Å². The van der Waals surface area contributed by atoms with Gasteiger partial charge in [0, 0.05) is 18.4 Å². The standard InChI is InChI=1S/C11H8ClNO3/c12-8-4-7(9(14)2-1-3-13)5-10-11(8)16-6-15-10/h4-5H,1-2,6H2. The van der Waals surface area contributed by atoms with Gasteiger partial charge in [0.15, 0.2) is 17.3 Å². The van der Waals surface area contributed by atoms with Gasteiger partial charge < -0.3 is 9.47 Å². The largest absolute Gasteiger partial charge is 0.454 e. The first-order valence-corrected chi connectivity index (χ1v) is 5.09. The number of ether oxygens (including phenoxy) is 2. The summed E-state index contributed by atoms with van der Waals surface area (Å²) < 4.78 is 10.3. The number of ketones is 1. The molecule has 1 aliphatic heterocycles. The molecule has 0 aliphatic carbocycles. The van der Waals surface area contributed by atoms with Crippen molar-refractivity contribution in [3.8, 4) is 17.6 Å². The van der Waals surface area contributed by atoms with Gasteiger partial charge in [-0.15, -0.1) is 0 Å². The van der Waals surface area contributed by atoms with E-state index in [-0.39, 0.29) is 25.4 Å². The van der Waals surface area contributed by atoms with E-state index in [9.17, 15) is 4.79 Å². The van der Waals surface area contributed by atoms with Gasteiger partial charge in [0.2, 0.25) is 6.79 Å². The van der Waals surface area contributed by atoms with Crippen molar-refractivity contribution in [1.29, 1.82) is 5.26 Å². The Balaban J connectivity index is 2.27. The first-order valence-electron chi connectivity index (χ1n) is 4.71. The molecule has 0 saturated heterocycles. The summed E-state index contributed by atoms with van der Waals surface area (Å²) in [5, 5.41) is 8.76. The smallest absolute Gasteiger partial charge is 0.231 e. The monoisotopic (exact) mass is 237 g/mol. The Morgan fingerprint density at radius 1 is 1.50 bits per heavy atom. The maximum Gasteiger partial charge on any atom is 0.231 e. The highest BCUT2D eigenvalue weighted by molar-refractivity contribution is 6.32. The van der Waals surface area contributed by atoms with E-state index in [0.717, 1.165) is 0 Å². The third kappa shape index (κ3) is 1.95. The number of nitrogens with zero attached hydrogens (tertiary/aromatic N) is 1. The minimum atomic E-state index is -0.123. The molecule has 0 aromatic heterocycles. The molecule has 1 aliphatic rings. The highest BCUT2D eigenvalue weighted by Crippen LogP contribution is 2.39. The topological polar surface area (TPSA) is 59.3 Å². The van der Waals surface area contributed by atoms with Crippen molar-refractivity contribution in [3.63, 3.8) is 0 Å². The van der Waals surface area contributed by atoms with Gasteiger partial charge in [-0.25, -0.2) is 0 Å². The number of nitriles is 1. The van der Waals surface area contributed by atoms with Crippen LogP contribution in [0.25, 0.3) is 0 Å². The Kier molecular flexibility index (Phi) is 2.97. The molecule has 0 bridgehead atoms. The van der Waals surface area contributed by atoms with E-state index in [0.29, 0.717) is 22.1 Å². The van der Waals surface area contributed by atoms with E-state index in [1.165, 1.54) is 6.07 Å². The molecular weight excluding hydrogens is 230 g/mol. The lowest BCUT2D eigenvalue weighted by Gasteiger charge is -2.03. The lowest BCUT2D eigenvalue weighted by molar-refractivity contribution is 0.0983. The van der Waals surface area contributed by atoms with Crippen LogP contribution in [0, 0.1) is 11.3 Å². The van der Waals surface area contributed by atoms with Crippen LogP contribution in [0.4, 0.5) is 0 Å². The fourth-order valence-electron chi connectivity index (χ4n) is 1.44. The molecule has 0 amide bonds. The molecule has 0 spiro atoms. The van der Waals surface area contributed by atoms with Crippen molar-refractivity contribution >= 4 is 17.4 Å². The molecule has 1 aromatic rings. The molecule has 0 fully saturated rings.